The maximum absolute atomic E-state index is 11.7. The Morgan fingerprint density at radius 1 is 1.55 bits per heavy atom. The summed E-state index contributed by atoms with van der Waals surface area (Å²) in [5.74, 6) is 0.939. The molecule has 0 aliphatic rings. The van der Waals surface area contributed by atoms with E-state index < -0.39 is 6.09 Å². The second-order valence-electron chi connectivity index (χ2n) is 3.99. The van der Waals surface area contributed by atoms with Crippen LogP contribution in [0.3, 0.4) is 0 Å². The Morgan fingerprint density at radius 2 is 2.35 bits per heavy atom. The van der Waals surface area contributed by atoms with Crippen LogP contribution in [0.1, 0.15) is 12.7 Å². The van der Waals surface area contributed by atoms with E-state index in [2.05, 4.69) is 15.4 Å². The SMILES string of the molecule is CCc1nc2ccc(OCCNC(=O)O)cc2[n+]([O-])n1. The zero-order valence-corrected chi connectivity index (χ0v) is 10.9. The molecule has 20 heavy (non-hydrogen) atoms. The molecule has 0 atom stereocenters. The van der Waals surface area contributed by atoms with Gasteiger partial charge in [0.05, 0.1) is 12.6 Å². The second kappa shape index (κ2) is 6.00. The van der Waals surface area contributed by atoms with Gasteiger partial charge in [-0.05, 0) is 17.0 Å². The monoisotopic (exact) mass is 278 g/mol. The van der Waals surface area contributed by atoms with Crippen molar-refractivity contribution in [3.8, 4) is 5.75 Å². The van der Waals surface area contributed by atoms with E-state index in [0.717, 1.165) is 0 Å². The number of hydrogen-bond donors (Lipinski definition) is 2. The first-order valence-electron chi connectivity index (χ1n) is 6.10. The summed E-state index contributed by atoms with van der Waals surface area (Å²) in [6.07, 6.45) is -0.526. The molecule has 8 heteroatoms. The molecule has 2 aromatic rings. The third-order valence-corrected chi connectivity index (χ3v) is 2.57. The lowest BCUT2D eigenvalue weighted by atomic mass is 10.3. The highest BCUT2D eigenvalue weighted by Gasteiger charge is 2.11. The van der Waals surface area contributed by atoms with Crippen LogP contribution < -0.4 is 14.9 Å². The molecule has 2 rings (SSSR count). The molecule has 0 spiro atoms. The minimum Gasteiger partial charge on any atom is -0.594 e. The van der Waals surface area contributed by atoms with Gasteiger partial charge in [0.2, 0.25) is 0 Å². The Bertz CT molecular complexity index is 632. The minimum absolute atomic E-state index is 0.163. The van der Waals surface area contributed by atoms with Gasteiger partial charge in [0.15, 0.2) is 5.82 Å². The van der Waals surface area contributed by atoms with Crippen LogP contribution in [0.5, 0.6) is 5.75 Å². The second-order valence-corrected chi connectivity index (χ2v) is 3.99. The summed E-state index contributed by atoms with van der Waals surface area (Å²) in [6.45, 7) is 2.20. The molecule has 0 saturated carbocycles. The first-order valence-corrected chi connectivity index (χ1v) is 6.10. The molecule has 106 valence electrons. The van der Waals surface area contributed by atoms with E-state index in [0.29, 0.717) is 33.9 Å². The number of hydrogen-bond acceptors (Lipinski definition) is 5. The average molecular weight is 278 g/mol. The fourth-order valence-electron chi connectivity index (χ4n) is 1.64. The first kappa shape index (κ1) is 13.8. The van der Waals surface area contributed by atoms with Crippen LogP contribution in [0.2, 0.25) is 0 Å². The third-order valence-electron chi connectivity index (χ3n) is 2.57. The predicted molar refractivity (Wildman–Crippen MR) is 69.4 cm³/mol. The number of amides is 1. The summed E-state index contributed by atoms with van der Waals surface area (Å²) in [7, 11) is 0. The Hall–Kier alpha value is -2.64. The van der Waals surface area contributed by atoms with Gasteiger partial charge >= 0.3 is 6.09 Å². The molecular weight excluding hydrogens is 264 g/mol. The quantitative estimate of drug-likeness (QED) is 0.467. The zero-order valence-electron chi connectivity index (χ0n) is 10.9. The maximum atomic E-state index is 11.7. The van der Waals surface area contributed by atoms with Crippen LogP contribution in [-0.2, 0) is 6.42 Å². The standard InChI is InChI=1S/C12H14N4O4/c1-2-11-14-9-4-3-8(7-10(9)16(19)15-11)20-6-5-13-12(17)18/h3-4,7,13H,2,5-6H2,1H3,(H,17,18). The molecule has 0 bridgehead atoms. The largest absolute Gasteiger partial charge is 0.594 e. The molecule has 1 aromatic heterocycles. The molecule has 1 amide bonds. The summed E-state index contributed by atoms with van der Waals surface area (Å²) >= 11 is 0. The summed E-state index contributed by atoms with van der Waals surface area (Å²) in [6, 6.07) is 4.88. The number of nitrogens with zero attached hydrogens (tertiary/aromatic N) is 3. The lowest BCUT2D eigenvalue weighted by molar-refractivity contribution is -0.644. The number of fused-ring (bicyclic) bond motifs is 1. The number of aromatic nitrogens is 3. The van der Waals surface area contributed by atoms with Crippen LogP contribution in [0, 0.1) is 5.21 Å². The van der Waals surface area contributed by atoms with Crippen molar-refractivity contribution in [1.29, 1.82) is 0 Å². The molecule has 8 nitrogen and oxygen atoms in total. The topological polar surface area (TPSA) is 111 Å². The minimum atomic E-state index is -1.11. The van der Waals surface area contributed by atoms with Gasteiger partial charge in [0.25, 0.3) is 5.52 Å². The summed E-state index contributed by atoms with van der Waals surface area (Å²) in [5, 5.41) is 26.1. The van der Waals surface area contributed by atoms with E-state index >= 15 is 0 Å². The highest BCUT2D eigenvalue weighted by molar-refractivity contribution is 5.72. The van der Waals surface area contributed by atoms with Crippen molar-refractivity contribution in [2.75, 3.05) is 13.2 Å². The third kappa shape index (κ3) is 3.22. The van der Waals surface area contributed by atoms with Crippen molar-refractivity contribution in [3.05, 3.63) is 29.2 Å². The molecule has 0 aliphatic carbocycles. The molecule has 2 N–H and O–H groups in total. The van der Waals surface area contributed by atoms with Crippen molar-refractivity contribution in [2.24, 2.45) is 0 Å². The van der Waals surface area contributed by atoms with Gasteiger partial charge in [-0.15, -0.1) is 0 Å². The molecular formula is C12H14N4O4. The maximum Gasteiger partial charge on any atom is 0.404 e. The van der Waals surface area contributed by atoms with E-state index in [9.17, 15) is 10.0 Å². The molecule has 0 fully saturated rings. The van der Waals surface area contributed by atoms with Gasteiger partial charge in [0, 0.05) is 11.5 Å². The number of carbonyl (C=O) groups is 1. The Labute approximate surface area is 114 Å². The number of carboxylic acid groups (broad SMARTS) is 1. The van der Waals surface area contributed by atoms with Crippen LogP contribution in [0.15, 0.2) is 18.2 Å². The molecule has 0 saturated heterocycles. The molecule has 0 unspecified atom stereocenters. The van der Waals surface area contributed by atoms with Gasteiger partial charge in [-0.2, -0.15) is 0 Å². The van der Waals surface area contributed by atoms with E-state index in [1.54, 1.807) is 12.1 Å². The highest BCUT2D eigenvalue weighted by atomic mass is 16.5. The molecule has 1 aromatic carbocycles. The fraction of sp³-hybridized carbons (Fsp3) is 0.333. The Kier molecular flexibility index (Phi) is 4.14. The lowest BCUT2D eigenvalue weighted by Crippen LogP contribution is -2.34. The first-order chi connectivity index (χ1) is 9.60. The Balaban J connectivity index is 2.13. The van der Waals surface area contributed by atoms with E-state index in [4.69, 9.17) is 9.84 Å². The van der Waals surface area contributed by atoms with Crippen LogP contribution >= 0.6 is 0 Å². The van der Waals surface area contributed by atoms with Crippen LogP contribution in [-0.4, -0.2) is 34.4 Å². The number of ether oxygens (including phenoxy) is 1. The summed E-state index contributed by atoms with van der Waals surface area (Å²) in [5.41, 5.74) is 0.855. The van der Waals surface area contributed by atoms with E-state index in [-0.39, 0.29) is 13.2 Å². The summed E-state index contributed by atoms with van der Waals surface area (Å²) in [4.78, 5) is 15.0. The molecule has 0 aliphatic heterocycles. The number of benzene rings is 1. The Morgan fingerprint density at radius 3 is 3.05 bits per heavy atom. The van der Waals surface area contributed by atoms with Crippen LogP contribution in [0.4, 0.5) is 4.79 Å². The van der Waals surface area contributed by atoms with Crippen molar-refractivity contribution >= 4 is 17.1 Å². The molecule has 0 radical (unpaired) electrons. The van der Waals surface area contributed by atoms with Crippen LogP contribution in [0.25, 0.3) is 11.0 Å². The molecule has 1 heterocycles. The van der Waals surface area contributed by atoms with Gasteiger partial charge in [-0.25, -0.2) is 9.78 Å². The van der Waals surface area contributed by atoms with Crippen molar-refractivity contribution < 1.29 is 19.5 Å². The van der Waals surface area contributed by atoms with E-state index in [1.165, 1.54) is 6.07 Å². The van der Waals surface area contributed by atoms with E-state index in [1.807, 2.05) is 6.92 Å². The smallest absolute Gasteiger partial charge is 0.404 e. The van der Waals surface area contributed by atoms with Crippen molar-refractivity contribution in [2.45, 2.75) is 13.3 Å². The fourth-order valence-corrected chi connectivity index (χ4v) is 1.64. The van der Waals surface area contributed by atoms with Gasteiger partial charge < -0.3 is 20.4 Å². The van der Waals surface area contributed by atoms with Crippen molar-refractivity contribution in [3.63, 3.8) is 0 Å². The lowest BCUT2D eigenvalue weighted by Gasteiger charge is -2.07. The van der Waals surface area contributed by atoms with Gasteiger partial charge in [-0.1, -0.05) is 6.92 Å². The predicted octanol–water partition coefficient (Wildman–Crippen LogP) is 0.472. The van der Waals surface area contributed by atoms with Gasteiger partial charge in [-0.3, -0.25) is 0 Å². The number of rotatable bonds is 5. The summed E-state index contributed by atoms with van der Waals surface area (Å²) < 4.78 is 5.34. The zero-order chi connectivity index (χ0) is 14.5. The normalized spacial score (nSPS) is 10.4. The van der Waals surface area contributed by atoms with Gasteiger partial charge in [0.1, 0.15) is 17.9 Å². The number of aryl methyl sites for hydroxylation is 1. The van der Waals surface area contributed by atoms with Crippen molar-refractivity contribution in [1.82, 2.24) is 15.4 Å². The number of nitrogens with one attached hydrogen (secondary N) is 1. The average Bonchev–Trinajstić information content (AvgIpc) is 2.43. The highest BCUT2D eigenvalue weighted by Crippen LogP contribution is 2.16.